The molecule has 0 heterocycles. The van der Waals surface area contributed by atoms with Crippen molar-refractivity contribution in [2.45, 2.75) is 97.1 Å². The van der Waals surface area contributed by atoms with Gasteiger partial charge in [0.1, 0.15) is 22.4 Å². The minimum Gasteiger partial charge on any atom is -0.376 e. The molecular weight excluding hydrogens is 905 g/mol. The van der Waals surface area contributed by atoms with E-state index in [4.69, 9.17) is 0 Å². The lowest BCUT2D eigenvalue weighted by Crippen LogP contribution is -2.48. The lowest BCUT2D eigenvalue weighted by molar-refractivity contribution is 0.0657. The fourth-order valence-electron chi connectivity index (χ4n) is 14.8. The molecule has 5 unspecified atom stereocenters. The zero-order valence-electron chi connectivity index (χ0n) is 43.6. The Morgan fingerprint density at radius 3 is 1.03 bits per heavy atom. The Labute approximate surface area is 434 Å². The Balaban J connectivity index is 1.18. The highest BCUT2D eigenvalue weighted by molar-refractivity contribution is 6.01. The third-order valence-corrected chi connectivity index (χ3v) is 17.9. The van der Waals surface area contributed by atoms with Crippen LogP contribution in [0.25, 0.3) is 32.3 Å². The van der Waals surface area contributed by atoms with E-state index in [0.29, 0.717) is 39.0 Å². The fourth-order valence-corrected chi connectivity index (χ4v) is 14.8. The molecule has 4 heteroatoms. The number of aryl methyl sites for hydroxylation is 8. The molecular formula is C70H62O4. The molecule has 0 radical (unpaired) electrons. The van der Waals surface area contributed by atoms with Crippen molar-refractivity contribution in [2.24, 2.45) is 5.92 Å². The van der Waals surface area contributed by atoms with Crippen LogP contribution in [0.5, 0.6) is 0 Å². The summed E-state index contributed by atoms with van der Waals surface area (Å²) in [5.74, 6) is 0.110. The fraction of sp³-hybridized carbons (Fsp3) is 0.229. The molecule has 0 saturated heterocycles. The zero-order valence-corrected chi connectivity index (χ0v) is 43.6. The van der Waals surface area contributed by atoms with E-state index < -0.39 is 22.4 Å². The summed E-state index contributed by atoms with van der Waals surface area (Å²) in [4.78, 5) is 0. The van der Waals surface area contributed by atoms with Crippen LogP contribution in [0, 0.1) is 61.3 Å². The average Bonchev–Trinajstić information content (AvgIpc) is 3.40. The zero-order chi connectivity index (χ0) is 51.4. The van der Waals surface area contributed by atoms with Gasteiger partial charge < -0.3 is 20.4 Å². The SMILES string of the molecule is Cc1cccc(C)c1C1(O)C2=CC3=CCCCC3C=C2C(O)(c2c(C)cccc2C)c2cc3cc4cc5c(cc4cc3cc21)C(O)(c1c(C)cccc1C)c1cc2ccccc2cc1C5(O)c1c(C)cccc1C. The van der Waals surface area contributed by atoms with E-state index in [0.717, 1.165) is 124 Å². The van der Waals surface area contributed by atoms with E-state index in [1.54, 1.807) is 0 Å². The first-order valence-corrected chi connectivity index (χ1v) is 26.4. The molecule has 4 aliphatic rings. The summed E-state index contributed by atoms with van der Waals surface area (Å²) in [5, 5.41) is 62.6. The van der Waals surface area contributed by atoms with Crippen LogP contribution in [0.2, 0.25) is 0 Å². The number of hydrogen-bond acceptors (Lipinski definition) is 4. The van der Waals surface area contributed by atoms with Crippen LogP contribution in [0.1, 0.15) is 119 Å². The second kappa shape index (κ2) is 16.2. The second-order valence-corrected chi connectivity index (χ2v) is 22.4. The summed E-state index contributed by atoms with van der Waals surface area (Å²) < 4.78 is 0. The number of rotatable bonds is 4. The minimum atomic E-state index is -1.68. The standard InChI is InChI=1S/C70H62O4/c1-39-17-13-18-40(2)63(39)67(71)55-31-47-25-9-10-26-48(47)32-56(55)68(72,64-41(3)19-14-20-42(64)4)60-36-52-30-54-38-62-61(37-53(54)29-51(52)35-59(60)67)69(73,65-43(5)21-15-22-44(65)6)57-33-49-27-11-12-28-50(49)34-58(57)70(62,74)66-45(7)23-16-24-46(66)8/h9-10,13-27,29-38,50,71-74H,11-12,28H2,1-8H3. The normalized spacial score (nSPS) is 23.8. The summed E-state index contributed by atoms with van der Waals surface area (Å²) in [6.07, 6.45) is 9.81. The third kappa shape index (κ3) is 6.17. The van der Waals surface area contributed by atoms with Gasteiger partial charge in [-0.05, 0) is 239 Å². The highest BCUT2D eigenvalue weighted by Crippen LogP contribution is 2.61. The van der Waals surface area contributed by atoms with Crippen LogP contribution in [-0.2, 0) is 22.4 Å². The first-order chi connectivity index (χ1) is 35.5. The van der Waals surface area contributed by atoms with Gasteiger partial charge in [0.15, 0.2) is 0 Å². The van der Waals surface area contributed by atoms with Crippen LogP contribution in [0.4, 0.5) is 0 Å². The first-order valence-electron chi connectivity index (χ1n) is 26.4. The maximum absolute atomic E-state index is 14.3. The molecule has 13 rings (SSSR count). The molecule has 9 aromatic carbocycles. The van der Waals surface area contributed by atoms with Gasteiger partial charge in [-0.3, -0.25) is 0 Å². The van der Waals surface area contributed by atoms with Gasteiger partial charge in [0.2, 0.25) is 0 Å². The van der Waals surface area contributed by atoms with Crippen molar-refractivity contribution < 1.29 is 20.4 Å². The molecule has 4 aliphatic carbocycles. The van der Waals surface area contributed by atoms with E-state index in [1.807, 2.05) is 24.3 Å². The van der Waals surface area contributed by atoms with Crippen LogP contribution in [0.3, 0.4) is 0 Å². The minimum absolute atomic E-state index is 0.110. The van der Waals surface area contributed by atoms with E-state index in [2.05, 4.69) is 195 Å². The van der Waals surface area contributed by atoms with Gasteiger partial charge in [-0.1, -0.05) is 115 Å². The van der Waals surface area contributed by atoms with Crippen molar-refractivity contribution in [3.05, 3.63) is 281 Å². The van der Waals surface area contributed by atoms with Crippen molar-refractivity contribution in [3.8, 4) is 0 Å². The maximum Gasteiger partial charge on any atom is 0.141 e. The number of hydrogen-bond donors (Lipinski definition) is 4. The second-order valence-electron chi connectivity index (χ2n) is 22.4. The summed E-state index contributed by atoms with van der Waals surface area (Å²) >= 11 is 0. The van der Waals surface area contributed by atoms with E-state index in [9.17, 15) is 20.4 Å². The molecule has 4 N–H and O–H groups in total. The molecule has 0 aromatic heterocycles. The van der Waals surface area contributed by atoms with Crippen molar-refractivity contribution in [2.75, 3.05) is 0 Å². The van der Waals surface area contributed by atoms with Gasteiger partial charge in [-0.2, -0.15) is 0 Å². The number of benzene rings is 9. The molecule has 5 atom stereocenters. The van der Waals surface area contributed by atoms with Crippen molar-refractivity contribution >= 4 is 32.3 Å². The molecule has 366 valence electrons. The lowest BCUT2D eigenvalue weighted by Gasteiger charge is -2.50. The van der Waals surface area contributed by atoms with Crippen molar-refractivity contribution in [1.82, 2.24) is 0 Å². The summed E-state index contributed by atoms with van der Waals surface area (Å²) in [6, 6.07) is 50.0. The van der Waals surface area contributed by atoms with Gasteiger partial charge in [0, 0.05) is 39.3 Å². The first kappa shape index (κ1) is 46.6. The molecule has 4 nitrogen and oxygen atoms in total. The molecule has 0 bridgehead atoms. The lowest BCUT2D eigenvalue weighted by atomic mass is 9.57. The summed E-state index contributed by atoms with van der Waals surface area (Å²) in [7, 11) is 0. The molecule has 0 aliphatic heterocycles. The van der Waals surface area contributed by atoms with E-state index in [-0.39, 0.29) is 5.92 Å². The largest absolute Gasteiger partial charge is 0.376 e. The highest BCUT2D eigenvalue weighted by Gasteiger charge is 2.57. The highest BCUT2D eigenvalue weighted by atomic mass is 16.3. The Bertz CT molecular complexity index is 3970. The van der Waals surface area contributed by atoms with Gasteiger partial charge >= 0.3 is 0 Å². The smallest absolute Gasteiger partial charge is 0.141 e. The monoisotopic (exact) mass is 966 g/mol. The number of aliphatic hydroxyl groups is 4. The van der Waals surface area contributed by atoms with Crippen molar-refractivity contribution in [3.63, 3.8) is 0 Å². The van der Waals surface area contributed by atoms with Gasteiger partial charge in [0.25, 0.3) is 0 Å². The summed E-state index contributed by atoms with van der Waals surface area (Å²) in [6.45, 7) is 16.6. The van der Waals surface area contributed by atoms with Crippen LogP contribution in [0.15, 0.2) is 181 Å². The van der Waals surface area contributed by atoms with Crippen LogP contribution >= 0.6 is 0 Å². The average molecular weight is 967 g/mol. The Morgan fingerprint density at radius 1 is 0.351 bits per heavy atom. The molecule has 0 spiro atoms. The summed E-state index contributed by atoms with van der Waals surface area (Å²) in [5.41, 5.74) is 10.7. The van der Waals surface area contributed by atoms with Gasteiger partial charge in [-0.25, -0.2) is 0 Å². The van der Waals surface area contributed by atoms with Crippen molar-refractivity contribution in [1.29, 1.82) is 0 Å². The van der Waals surface area contributed by atoms with Crippen LogP contribution < -0.4 is 0 Å². The van der Waals surface area contributed by atoms with Gasteiger partial charge in [-0.15, -0.1) is 0 Å². The Morgan fingerprint density at radius 2 is 0.662 bits per heavy atom. The Kier molecular flexibility index (Phi) is 10.2. The molecule has 0 saturated carbocycles. The molecule has 9 aromatic rings. The molecule has 0 fully saturated rings. The van der Waals surface area contributed by atoms with E-state index in [1.165, 1.54) is 5.57 Å². The quantitative estimate of drug-likeness (QED) is 0.133. The Hall–Kier alpha value is -7.18. The van der Waals surface area contributed by atoms with E-state index >= 15 is 0 Å². The molecule has 74 heavy (non-hydrogen) atoms. The predicted molar refractivity (Wildman–Crippen MR) is 301 cm³/mol. The number of fused-ring (bicyclic) bond motifs is 8. The predicted octanol–water partition coefficient (Wildman–Crippen LogP) is 14.6. The van der Waals surface area contributed by atoms with Crippen LogP contribution in [-0.4, -0.2) is 20.4 Å². The maximum atomic E-state index is 14.3. The van der Waals surface area contributed by atoms with Gasteiger partial charge in [0.05, 0.1) is 0 Å². The topological polar surface area (TPSA) is 80.9 Å². The molecule has 0 amide bonds. The third-order valence-electron chi connectivity index (χ3n) is 17.9. The number of allylic oxidation sites excluding steroid dienone is 4.